The Hall–Kier alpha value is -2.94. The van der Waals surface area contributed by atoms with Crippen molar-refractivity contribution >= 4 is 16.6 Å². The predicted molar refractivity (Wildman–Crippen MR) is 86.7 cm³/mol. The summed E-state index contributed by atoms with van der Waals surface area (Å²) in [7, 11) is 0. The Morgan fingerprint density at radius 1 is 1.12 bits per heavy atom. The molecule has 122 valence electrons. The minimum Gasteiger partial charge on any atom is -0.384 e. The van der Waals surface area contributed by atoms with Crippen LogP contribution in [-0.4, -0.2) is 11.5 Å². The summed E-state index contributed by atoms with van der Waals surface area (Å²) in [6, 6.07) is 12.9. The maximum atomic E-state index is 12.7. The lowest BCUT2D eigenvalue weighted by molar-refractivity contribution is -0.137. The van der Waals surface area contributed by atoms with E-state index in [1.54, 1.807) is 0 Å². The summed E-state index contributed by atoms with van der Waals surface area (Å²) in [4.78, 5) is 3.18. The second kappa shape index (κ2) is 6.28. The molecule has 0 aliphatic heterocycles. The van der Waals surface area contributed by atoms with Gasteiger partial charge in [0, 0.05) is 23.6 Å². The number of fused-ring (bicyclic) bond motifs is 1. The SMILES string of the molecule is N#Cc1cc(C(F)(F)F)ccc1NCCc1c[nH]c2ccccc12. The van der Waals surface area contributed by atoms with Crippen LogP contribution >= 0.6 is 0 Å². The number of benzene rings is 2. The zero-order valence-corrected chi connectivity index (χ0v) is 12.6. The summed E-state index contributed by atoms with van der Waals surface area (Å²) in [5.41, 5.74) is 1.73. The van der Waals surface area contributed by atoms with Gasteiger partial charge in [0.2, 0.25) is 0 Å². The van der Waals surface area contributed by atoms with Crippen molar-refractivity contribution in [3.8, 4) is 6.07 Å². The molecule has 2 N–H and O–H groups in total. The number of aromatic nitrogens is 1. The predicted octanol–water partition coefficient (Wildman–Crippen LogP) is 4.71. The van der Waals surface area contributed by atoms with Gasteiger partial charge in [-0.2, -0.15) is 18.4 Å². The van der Waals surface area contributed by atoms with Crippen LogP contribution in [0, 0.1) is 11.3 Å². The van der Waals surface area contributed by atoms with E-state index < -0.39 is 11.7 Å². The number of anilines is 1. The lowest BCUT2D eigenvalue weighted by Gasteiger charge is -2.11. The van der Waals surface area contributed by atoms with E-state index in [-0.39, 0.29) is 5.56 Å². The number of nitrogens with zero attached hydrogens (tertiary/aromatic N) is 1. The first-order chi connectivity index (χ1) is 11.5. The van der Waals surface area contributed by atoms with Gasteiger partial charge in [0.25, 0.3) is 0 Å². The number of alkyl halides is 3. The van der Waals surface area contributed by atoms with Gasteiger partial charge >= 0.3 is 6.18 Å². The summed E-state index contributed by atoms with van der Waals surface area (Å²) >= 11 is 0. The number of nitrogens with one attached hydrogen (secondary N) is 2. The maximum Gasteiger partial charge on any atom is 0.416 e. The smallest absolute Gasteiger partial charge is 0.384 e. The average Bonchev–Trinajstić information content (AvgIpc) is 2.97. The van der Waals surface area contributed by atoms with Crippen molar-refractivity contribution in [2.45, 2.75) is 12.6 Å². The largest absolute Gasteiger partial charge is 0.416 e. The zero-order valence-electron chi connectivity index (χ0n) is 12.6. The van der Waals surface area contributed by atoms with Crippen molar-refractivity contribution in [1.82, 2.24) is 4.98 Å². The van der Waals surface area contributed by atoms with E-state index in [1.165, 1.54) is 6.07 Å². The summed E-state index contributed by atoms with van der Waals surface area (Å²) in [5.74, 6) is 0. The summed E-state index contributed by atoms with van der Waals surface area (Å²) in [5, 5.41) is 13.2. The van der Waals surface area contributed by atoms with E-state index in [4.69, 9.17) is 5.26 Å². The van der Waals surface area contributed by atoms with Gasteiger partial charge in [-0.1, -0.05) is 18.2 Å². The Bertz CT molecular complexity index is 904. The maximum absolute atomic E-state index is 12.7. The van der Waals surface area contributed by atoms with Crippen LogP contribution in [0.4, 0.5) is 18.9 Å². The average molecular weight is 329 g/mol. The highest BCUT2D eigenvalue weighted by molar-refractivity contribution is 5.83. The van der Waals surface area contributed by atoms with E-state index >= 15 is 0 Å². The number of aromatic amines is 1. The molecule has 6 heteroatoms. The number of para-hydroxylation sites is 1. The number of halogens is 3. The summed E-state index contributed by atoms with van der Waals surface area (Å²) < 4.78 is 38.1. The lowest BCUT2D eigenvalue weighted by Crippen LogP contribution is -2.09. The van der Waals surface area contributed by atoms with Gasteiger partial charge in [-0.15, -0.1) is 0 Å². The zero-order chi connectivity index (χ0) is 17.2. The molecule has 0 saturated carbocycles. The molecule has 0 aliphatic rings. The molecule has 0 radical (unpaired) electrons. The minimum absolute atomic E-state index is 0.0104. The van der Waals surface area contributed by atoms with Gasteiger partial charge in [-0.3, -0.25) is 0 Å². The third-order valence-corrected chi connectivity index (χ3v) is 3.85. The summed E-state index contributed by atoms with van der Waals surface area (Å²) in [6.45, 7) is 0.516. The van der Waals surface area contributed by atoms with E-state index in [9.17, 15) is 13.2 Å². The molecule has 0 fully saturated rings. The normalized spacial score (nSPS) is 11.4. The van der Waals surface area contributed by atoms with Crippen LogP contribution < -0.4 is 5.32 Å². The standard InChI is InChI=1S/C18H14F3N3/c19-18(20,21)14-5-6-16(13(9-14)10-22)23-8-7-12-11-24-17-4-2-1-3-15(12)17/h1-6,9,11,23-24H,7-8H2. The Morgan fingerprint density at radius 3 is 2.67 bits per heavy atom. The van der Waals surface area contributed by atoms with Crippen LogP contribution in [0.2, 0.25) is 0 Å². The molecular weight excluding hydrogens is 315 g/mol. The first kappa shape index (κ1) is 15.9. The van der Waals surface area contributed by atoms with E-state index in [0.29, 0.717) is 18.7 Å². The van der Waals surface area contributed by atoms with Crippen LogP contribution in [0.15, 0.2) is 48.7 Å². The number of hydrogen-bond acceptors (Lipinski definition) is 2. The fraction of sp³-hybridized carbons (Fsp3) is 0.167. The van der Waals surface area contributed by atoms with Gasteiger partial charge in [0.15, 0.2) is 0 Å². The highest BCUT2D eigenvalue weighted by Crippen LogP contribution is 2.31. The Morgan fingerprint density at radius 2 is 1.92 bits per heavy atom. The molecule has 0 unspecified atom stereocenters. The Kier molecular flexibility index (Phi) is 4.17. The van der Waals surface area contributed by atoms with E-state index in [1.807, 2.05) is 36.5 Å². The van der Waals surface area contributed by atoms with Gasteiger partial charge < -0.3 is 10.3 Å². The molecule has 0 saturated heterocycles. The molecule has 3 rings (SSSR count). The molecular formula is C18H14F3N3. The second-order valence-electron chi connectivity index (χ2n) is 5.41. The molecule has 1 heterocycles. The van der Waals surface area contributed by atoms with Crippen LogP contribution in [0.5, 0.6) is 0 Å². The molecule has 0 amide bonds. The number of rotatable bonds is 4. The van der Waals surface area contributed by atoms with Crippen LogP contribution in [0.1, 0.15) is 16.7 Å². The van der Waals surface area contributed by atoms with E-state index in [0.717, 1.165) is 28.6 Å². The molecule has 0 spiro atoms. The lowest BCUT2D eigenvalue weighted by atomic mass is 10.1. The van der Waals surface area contributed by atoms with Crippen LogP contribution in [-0.2, 0) is 12.6 Å². The second-order valence-corrected chi connectivity index (χ2v) is 5.41. The third kappa shape index (κ3) is 3.20. The summed E-state index contributed by atoms with van der Waals surface area (Å²) in [6.07, 6.45) is -1.84. The van der Waals surface area contributed by atoms with Crippen molar-refractivity contribution in [3.63, 3.8) is 0 Å². The molecule has 3 nitrogen and oxygen atoms in total. The molecule has 0 bridgehead atoms. The first-order valence-electron chi connectivity index (χ1n) is 7.39. The van der Waals surface area contributed by atoms with Crippen LogP contribution in [0.3, 0.4) is 0 Å². The fourth-order valence-corrected chi connectivity index (χ4v) is 2.64. The van der Waals surface area contributed by atoms with Gasteiger partial charge in [-0.25, -0.2) is 0 Å². The molecule has 2 aromatic carbocycles. The van der Waals surface area contributed by atoms with Crippen molar-refractivity contribution in [1.29, 1.82) is 5.26 Å². The highest BCUT2D eigenvalue weighted by Gasteiger charge is 2.31. The van der Waals surface area contributed by atoms with Crippen molar-refractivity contribution in [3.05, 3.63) is 65.4 Å². The number of H-pyrrole nitrogens is 1. The minimum atomic E-state index is -4.45. The van der Waals surface area contributed by atoms with Crippen molar-refractivity contribution in [2.75, 3.05) is 11.9 Å². The van der Waals surface area contributed by atoms with Crippen molar-refractivity contribution < 1.29 is 13.2 Å². The van der Waals surface area contributed by atoms with Gasteiger partial charge in [0.05, 0.1) is 16.8 Å². The number of nitriles is 1. The fourth-order valence-electron chi connectivity index (χ4n) is 2.64. The van der Waals surface area contributed by atoms with E-state index in [2.05, 4.69) is 10.3 Å². The Labute approximate surface area is 136 Å². The molecule has 0 atom stereocenters. The monoisotopic (exact) mass is 329 g/mol. The van der Waals surface area contributed by atoms with Crippen molar-refractivity contribution in [2.24, 2.45) is 0 Å². The third-order valence-electron chi connectivity index (χ3n) is 3.85. The van der Waals surface area contributed by atoms with Gasteiger partial charge in [-0.05, 0) is 36.2 Å². The highest BCUT2D eigenvalue weighted by atomic mass is 19.4. The van der Waals surface area contributed by atoms with Crippen LogP contribution in [0.25, 0.3) is 10.9 Å². The molecule has 24 heavy (non-hydrogen) atoms. The molecule has 1 aromatic heterocycles. The first-order valence-corrected chi connectivity index (χ1v) is 7.39. The number of hydrogen-bond donors (Lipinski definition) is 2. The Balaban J connectivity index is 1.72. The quantitative estimate of drug-likeness (QED) is 0.728. The molecule has 0 aliphatic carbocycles. The van der Waals surface area contributed by atoms with Gasteiger partial charge in [0.1, 0.15) is 6.07 Å². The topological polar surface area (TPSA) is 51.6 Å². The molecule has 3 aromatic rings.